The van der Waals surface area contributed by atoms with Crippen molar-refractivity contribution < 1.29 is 13.5 Å². The lowest BCUT2D eigenvalue weighted by atomic mass is 9.86. The molecule has 2 fully saturated rings. The first-order valence-electron chi connectivity index (χ1n) is 7.03. The first kappa shape index (κ1) is 14.5. The number of nitrogens with zero attached hydrogens (tertiary/aromatic N) is 2. The van der Waals surface area contributed by atoms with Crippen molar-refractivity contribution in [1.29, 1.82) is 0 Å². The molecule has 0 aromatic rings. The van der Waals surface area contributed by atoms with Crippen LogP contribution in [-0.4, -0.2) is 49.1 Å². The largest absolute Gasteiger partial charge is 0.375 e. The molecule has 0 amide bonds. The SMILES string of the molecule is CC1CN(C(N)=NCC2CCCCC2(F)F)CCO1. The monoisotopic (exact) mass is 275 g/mol. The second-order valence-corrected chi connectivity index (χ2v) is 5.53. The molecule has 0 aromatic heterocycles. The van der Waals surface area contributed by atoms with Crippen molar-refractivity contribution in [1.82, 2.24) is 4.90 Å². The summed E-state index contributed by atoms with van der Waals surface area (Å²) < 4.78 is 32.8. The first-order valence-corrected chi connectivity index (χ1v) is 7.03. The molecule has 1 aliphatic heterocycles. The zero-order valence-corrected chi connectivity index (χ0v) is 11.4. The third kappa shape index (κ3) is 3.78. The standard InChI is InChI=1S/C13H23F2N3O/c1-10-9-18(6-7-19-10)12(16)17-8-11-4-2-3-5-13(11,14)15/h10-11H,2-9H2,1H3,(H2,16,17). The summed E-state index contributed by atoms with van der Waals surface area (Å²) in [6.07, 6.45) is 2.12. The van der Waals surface area contributed by atoms with Gasteiger partial charge < -0.3 is 15.4 Å². The van der Waals surface area contributed by atoms with E-state index < -0.39 is 11.8 Å². The molecule has 2 N–H and O–H groups in total. The van der Waals surface area contributed by atoms with Gasteiger partial charge in [-0.1, -0.05) is 6.42 Å². The van der Waals surface area contributed by atoms with E-state index in [2.05, 4.69) is 4.99 Å². The van der Waals surface area contributed by atoms with Crippen molar-refractivity contribution in [2.75, 3.05) is 26.2 Å². The number of guanidine groups is 1. The molecule has 19 heavy (non-hydrogen) atoms. The molecule has 6 heteroatoms. The Kier molecular flexibility index (Phi) is 4.60. The second-order valence-electron chi connectivity index (χ2n) is 5.53. The van der Waals surface area contributed by atoms with Gasteiger partial charge in [-0.15, -0.1) is 0 Å². The van der Waals surface area contributed by atoms with Crippen LogP contribution in [0.4, 0.5) is 8.78 Å². The van der Waals surface area contributed by atoms with Crippen LogP contribution in [0.3, 0.4) is 0 Å². The number of rotatable bonds is 2. The second kappa shape index (κ2) is 6.03. The molecule has 0 bridgehead atoms. The van der Waals surface area contributed by atoms with Gasteiger partial charge in [0.05, 0.1) is 19.3 Å². The van der Waals surface area contributed by atoms with Gasteiger partial charge in [0.25, 0.3) is 5.92 Å². The molecule has 110 valence electrons. The van der Waals surface area contributed by atoms with Gasteiger partial charge in [-0.3, -0.25) is 4.99 Å². The fourth-order valence-electron chi connectivity index (χ4n) is 2.72. The maximum atomic E-state index is 13.7. The number of halogens is 2. The Morgan fingerprint density at radius 1 is 1.47 bits per heavy atom. The highest BCUT2D eigenvalue weighted by Gasteiger charge is 2.41. The summed E-state index contributed by atoms with van der Waals surface area (Å²) in [7, 11) is 0. The van der Waals surface area contributed by atoms with Gasteiger partial charge in [0, 0.05) is 25.4 Å². The van der Waals surface area contributed by atoms with Crippen molar-refractivity contribution in [2.45, 2.75) is 44.6 Å². The number of morpholine rings is 1. The average Bonchev–Trinajstić information content (AvgIpc) is 2.36. The van der Waals surface area contributed by atoms with E-state index in [-0.39, 0.29) is 19.1 Å². The summed E-state index contributed by atoms with van der Waals surface area (Å²) in [6, 6.07) is 0. The topological polar surface area (TPSA) is 50.8 Å². The molecule has 0 radical (unpaired) electrons. The van der Waals surface area contributed by atoms with Gasteiger partial charge in [0.1, 0.15) is 0 Å². The van der Waals surface area contributed by atoms with Crippen molar-refractivity contribution in [2.24, 2.45) is 16.6 Å². The lowest BCUT2D eigenvalue weighted by Gasteiger charge is -2.33. The molecule has 2 atom stereocenters. The quantitative estimate of drug-likeness (QED) is 0.618. The number of nitrogens with two attached hydrogens (primary N) is 1. The van der Waals surface area contributed by atoms with E-state index in [4.69, 9.17) is 10.5 Å². The van der Waals surface area contributed by atoms with Gasteiger partial charge in [0.15, 0.2) is 5.96 Å². The summed E-state index contributed by atoms with van der Waals surface area (Å²) >= 11 is 0. The molecule has 1 saturated carbocycles. The van der Waals surface area contributed by atoms with Crippen LogP contribution < -0.4 is 5.73 Å². The smallest absolute Gasteiger partial charge is 0.252 e. The minimum atomic E-state index is -2.58. The van der Waals surface area contributed by atoms with Crippen LogP contribution in [0.25, 0.3) is 0 Å². The van der Waals surface area contributed by atoms with Crippen LogP contribution in [-0.2, 0) is 4.74 Å². The third-order valence-corrected chi connectivity index (χ3v) is 3.95. The molecule has 4 nitrogen and oxygen atoms in total. The lowest BCUT2D eigenvalue weighted by Crippen LogP contribution is -2.48. The Bertz CT molecular complexity index is 336. The van der Waals surface area contributed by atoms with Crippen LogP contribution >= 0.6 is 0 Å². The van der Waals surface area contributed by atoms with Gasteiger partial charge in [-0.2, -0.15) is 0 Å². The number of aliphatic imine (C=N–C) groups is 1. The fourth-order valence-corrected chi connectivity index (χ4v) is 2.72. The Balaban J connectivity index is 1.90. The maximum Gasteiger partial charge on any atom is 0.252 e. The molecular formula is C13H23F2N3O. The number of hydrogen-bond donors (Lipinski definition) is 1. The number of alkyl halides is 2. The number of hydrogen-bond acceptors (Lipinski definition) is 2. The Morgan fingerprint density at radius 2 is 2.26 bits per heavy atom. The molecule has 1 aliphatic carbocycles. The average molecular weight is 275 g/mol. The van der Waals surface area contributed by atoms with E-state index >= 15 is 0 Å². The van der Waals surface area contributed by atoms with Gasteiger partial charge >= 0.3 is 0 Å². The Labute approximate surface area is 113 Å². The van der Waals surface area contributed by atoms with Crippen LogP contribution in [0.15, 0.2) is 4.99 Å². The molecule has 0 spiro atoms. The zero-order valence-electron chi connectivity index (χ0n) is 11.4. The highest BCUT2D eigenvalue weighted by atomic mass is 19.3. The lowest BCUT2D eigenvalue weighted by molar-refractivity contribution is -0.0815. The molecular weight excluding hydrogens is 252 g/mol. The zero-order chi connectivity index (χ0) is 13.9. The van der Waals surface area contributed by atoms with Crippen molar-refractivity contribution in [3.63, 3.8) is 0 Å². The Hall–Kier alpha value is -0.910. The minimum Gasteiger partial charge on any atom is -0.375 e. The summed E-state index contributed by atoms with van der Waals surface area (Å²) in [5, 5.41) is 0. The van der Waals surface area contributed by atoms with Crippen molar-refractivity contribution in [3.05, 3.63) is 0 Å². The van der Waals surface area contributed by atoms with E-state index in [1.54, 1.807) is 0 Å². The highest BCUT2D eigenvalue weighted by Crippen LogP contribution is 2.38. The molecule has 1 heterocycles. The molecule has 2 rings (SSSR count). The fraction of sp³-hybridized carbons (Fsp3) is 0.923. The summed E-state index contributed by atoms with van der Waals surface area (Å²) in [5.41, 5.74) is 5.89. The van der Waals surface area contributed by atoms with Crippen LogP contribution in [0.2, 0.25) is 0 Å². The molecule has 0 aromatic carbocycles. The van der Waals surface area contributed by atoms with Crippen LogP contribution in [0, 0.1) is 5.92 Å². The van der Waals surface area contributed by atoms with E-state index in [0.29, 0.717) is 38.5 Å². The predicted molar refractivity (Wildman–Crippen MR) is 70.4 cm³/mol. The summed E-state index contributed by atoms with van der Waals surface area (Å²) in [4.78, 5) is 6.10. The normalized spacial score (nSPS) is 32.4. The predicted octanol–water partition coefficient (Wildman–Crippen LogP) is 1.85. The van der Waals surface area contributed by atoms with E-state index in [1.807, 2.05) is 11.8 Å². The van der Waals surface area contributed by atoms with Gasteiger partial charge in [-0.05, 0) is 19.8 Å². The first-order chi connectivity index (χ1) is 8.99. The maximum absolute atomic E-state index is 13.7. The van der Waals surface area contributed by atoms with E-state index in [1.165, 1.54) is 0 Å². The van der Waals surface area contributed by atoms with Gasteiger partial charge in [0.2, 0.25) is 0 Å². The van der Waals surface area contributed by atoms with Crippen molar-refractivity contribution in [3.8, 4) is 0 Å². The molecule has 2 unspecified atom stereocenters. The molecule has 2 aliphatic rings. The van der Waals surface area contributed by atoms with Crippen LogP contribution in [0.1, 0.15) is 32.6 Å². The summed E-state index contributed by atoms with van der Waals surface area (Å²) in [6.45, 7) is 4.06. The van der Waals surface area contributed by atoms with E-state index in [9.17, 15) is 8.78 Å². The minimum absolute atomic E-state index is 0.0122. The Morgan fingerprint density at radius 3 is 2.95 bits per heavy atom. The van der Waals surface area contributed by atoms with Crippen molar-refractivity contribution >= 4 is 5.96 Å². The summed E-state index contributed by atoms with van der Waals surface area (Å²) in [5.74, 6) is -2.87. The number of ether oxygens (including phenoxy) is 1. The van der Waals surface area contributed by atoms with Gasteiger partial charge in [-0.25, -0.2) is 8.78 Å². The van der Waals surface area contributed by atoms with E-state index in [0.717, 1.165) is 6.42 Å². The highest BCUT2D eigenvalue weighted by molar-refractivity contribution is 5.78. The van der Waals surface area contributed by atoms with Crippen LogP contribution in [0.5, 0.6) is 0 Å². The third-order valence-electron chi connectivity index (χ3n) is 3.95. The molecule has 1 saturated heterocycles.